The van der Waals surface area contributed by atoms with Gasteiger partial charge < -0.3 is 4.90 Å². The Kier molecular flexibility index (Phi) is 3.42. The van der Waals surface area contributed by atoms with Gasteiger partial charge in [0.1, 0.15) is 5.82 Å². The van der Waals surface area contributed by atoms with Gasteiger partial charge in [-0.25, -0.2) is 4.39 Å². The first-order valence-corrected chi connectivity index (χ1v) is 9.10. The number of fused-ring (bicyclic) bond motifs is 2. The minimum absolute atomic E-state index is 0.0680. The van der Waals surface area contributed by atoms with Gasteiger partial charge in [0, 0.05) is 19.0 Å². The number of carbonyl (C=O) groups excluding carboxylic acids is 1. The molecule has 0 radical (unpaired) electrons. The van der Waals surface area contributed by atoms with Crippen molar-refractivity contribution in [3.63, 3.8) is 0 Å². The Bertz CT molecular complexity index is 710. The maximum absolute atomic E-state index is 14.1. The van der Waals surface area contributed by atoms with Crippen LogP contribution >= 0.6 is 0 Å². The van der Waals surface area contributed by atoms with E-state index in [1.807, 2.05) is 17.0 Å². The summed E-state index contributed by atoms with van der Waals surface area (Å²) >= 11 is 0. The zero-order valence-electron chi connectivity index (χ0n) is 14.6. The normalized spacial score (nSPS) is 34.1. The molecule has 24 heavy (non-hydrogen) atoms. The number of benzene rings is 1. The largest absolute Gasteiger partial charge is 0.341 e. The highest BCUT2D eigenvalue weighted by atomic mass is 19.1. The van der Waals surface area contributed by atoms with Crippen LogP contribution in [0, 0.1) is 22.6 Å². The number of nitrogens with zero attached hydrogens (tertiary/aromatic N) is 1. The maximum Gasteiger partial charge on any atom is 0.232 e. The summed E-state index contributed by atoms with van der Waals surface area (Å²) in [5.41, 5.74) is 1.60. The van der Waals surface area contributed by atoms with Crippen molar-refractivity contribution >= 4 is 5.91 Å². The van der Waals surface area contributed by atoms with Gasteiger partial charge in [-0.05, 0) is 48.6 Å². The number of amides is 1. The molecule has 1 aromatic rings. The topological polar surface area (TPSA) is 20.3 Å². The predicted octanol–water partition coefficient (Wildman–Crippen LogP) is 4.52. The van der Waals surface area contributed by atoms with Gasteiger partial charge in [-0.3, -0.25) is 4.79 Å². The molecule has 0 N–H and O–H groups in total. The van der Waals surface area contributed by atoms with Crippen molar-refractivity contribution in [3.05, 3.63) is 47.8 Å². The number of rotatable bonds is 2. The zero-order chi connectivity index (χ0) is 17.1. The van der Waals surface area contributed by atoms with Crippen LogP contribution in [-0.2, 0) is 4.79 Å². The summed E-state index contributed by atoms with van der Waals surface area (Å²) in [5.74, 6) is 0.798. The highest BCUT2D eigenvalue weighted by Crippen LogP contribution is 2.66. The molecule has 128 valence electrons. The summed E-state index contributed by atoms with van der Waals surface area (Å²) in [6, 6.07) is 6.97. The molecule has 0 spiro atoms. The van der Waals surface area contributed by atoms with Gasteiger partial charge in [0.05, 0.1) is 5.41 Å². The molecule has 3 fully saturated rings. The zero-order valence-corrected chi connectivity index (χ0v) is 14.6. The Balaban J connectivity index is 1.55. The quantitative estimate of drug-likeness (QED) is 0.731. The molecule has 1 heterocycles. The van der Waals surface area contributed by atoms with E-state index in [0.29, 0.717) is 12.5 Å². The van der Waals surface area contributed by atoms with E-state index in [0.717, 1.165) is 43.4 Å². The summed E-state index contributed by atoms with van der Waals surface area (Å²) in [6.07, 6.45) is 3.88. The maximum atomic E-state index is 14.1. The molecule has 4 rings (SSSR count). The average molecular weight is 327 g/mol. The smallest absolute Gasteiger partial charge is 0.232 e. The van der Waals surface area contributed by atoms with Gasteiger partial charge in [-0.1, -0.05) is 44.2 Å². The Morgan fingerprint density at radius 3 is 2.71 bits per heavy atom. The molecule has 1 amide bonds. The van der Waals surface area contributed by atoms with Crippen LogP contribution in [0.2, 0.25) is 0 Å². The molecule has 2 bridgehead atoms. The minimum atomic E-state index is -0.349. The first-order valence-electron chi connectivity index (χ1n) is 9.10. The summed E-state index contributed by atoms with van der Waals surface area (Å²) < 4.78 is 14.1. The van der Waals surface area contributed by atoms with E-state index >= 15 is 0 Å². The fraction of sp³-hybridized carbons (Fsp3) is 0.571. The molecular formula is C21H26FNO. The van der Waals surface area contributed by atoms with Crippen molar-refractivity contribution < 1.29 is 9.18 Å². The molecule has 2 saturated carbocycles. The molecule has 3 aliphatic rings. The van der Waals surface area contributed by atoms with E-state index < -0.39 is 0 Å². The number of halogens is 1. The molecule has 2 nitrogen and oxygen atoms in total. The first kappa shape index (κ1) is 15.9. The van der Waals surface area contributed by atoms with Crippen LogP contribution in [0.25, 0.3) is 0 Å². The number of carbonyl (C=O) groups is 1. The third-order valence-corrected chi connectivity index (χ3v) is 7.12. The summed E-state index contributed by atoms with van der Waals surface area (Å²) in [4.78, 5) is 15.3. The lowest BCUT2D eigenvalue weighted by atomic mass is 9.68. The van der Waals surface area contributed by atoms with Crippen LogP contribution in [0.1, 0.15) is 51.0 Å². The van der Waals surface area contributed by atoms with E-state index in [1.54, 1.807) is 6.07 Å². The van der Waals surface area contributed by atoms with Crippen molar-refractivity contribution in [1.82, 2.24) is 4.90 Å². The number of hydrogen-bond acceptors (Lipinski definition) is 1. The molecule has 2 aliphatic carbocycles. The lowest BCUT2D eigenvalue weighted by molar-refractivity contribution is -0.138. The fourth-order valence-electron chi connectivity index (χ4n) is 5.43. The van der Waals surface area contributed by atoms with Crippen molar-refractivity contribution in [3.8, 4) is 0 Å². The van der Waals surface area contributed by atoms with E-state index in [9.17, 15) is 9.18 Å². The standard InChI is InChI=1S/C21H26FNO/c1-14-20(2,3)16-8-10-21(14,12-16)19(24)23-11-9-15(13-23)17-6-4-5-7-18(17)22/h4-7,15-16H,1,8-13H2,2-3H3/t15-,16+,21-/m1/s1. The van der Waals surface area contributed by atoms with Crippen molar-refractivity contribution in [2.45, 2.75) is 45.4 Å². The van der Waals surface area contributed by atoms with Gasteiger partial charge in [0.15, 0.2) is 0 Å². The van der Waals surface area contributed by atoms with Gasteiger partial charge in [-0.15, -0.1) is 0 Å². The second-order valence-electron chi connectivity index (χ2n) is 8.48. The van der Waals surface area contributed by atoms with Crippen LogP contribution in [0.3, 0.4) is 0 Å². The molecule has 3 heteroatoms. The van der Waals surface area contributed by atoms with Gasteiger partial charge >= 0.3 is 0 Å². The summed E-state index contributed by atoms with van der Waals surface area (Å²) in [7, 11) is 0. The monoisotopic (exact) mass is 327 g/mol. The Morgan fingerprint density at radius 2 is 2.04 bits per heavy atom. The second-order valence-corrected chi connectivity index (χ2v) is 8.48. The highest BCUT2D eigenvalue weighted by molar-refractivity contribution is 5.88. The SMILES string of the molecule is C=C1C(C)(C)[C@H]2CC[C@@]1(C(=O)N1CC[C@@H](c3ccccc3F)C1)C2. The van der Waals surface area contributed by atoms with Gasteiger partial charge in [0.2, 0.25) is 5.91 Å². The van der Waals surface area contributed by atoms with E-state index in [1.165, 1.54) is 6.07 Å². The van der Waals surface area contributed by atoms with Gasteiger partial charge in [0.25, 0.3) is 0 Å². The van der Waals surface area contributed by atoms with Crippen molar-refractivity contribution in [2.24, 2.45) is 16.7 Å². The van der Waals surface area contributed by atoms with Crippen LogP contribution in [0.15, 0.2) is 36.4 Å². The molecule has 1 saturated heterocycles. The number of hydrogen-bond donors (Lipinski definition) is 0. The first-order chi connectivity index (χ1) is 11.4. The van der Waals surface area contributed by atoms with Gasteiger partial charge in [-0.2, -0.15) is 0 Å². The average Bonchev–Trinajstić information content (AvgIpc) is 3.25. The van der Waals surface area contributed by atoms with Crippen LogP contribution < -0.4 is 0 Å². The molecular weight excluding hydrogens is 301 g/mol. The van der Waals surface area contributed by atoms with Crippen LogP contribution in [0.5, 0.6) is 0 Å². The van der Waals surface area contributed by atoms with Crippen LogP contribution in [0.4, 0.5) is 4.39 Å². The summed E-state index contributed by atoms with van der Waals surface area (Å²) in [6.45, 7) is 10.2. The van der Waals surface area contributed by atoms with E-state index in [4.69, 9.17) is 0 Å². The third kappa shape index (κ3) is 2.03. The molecule has 1 aromatic carbocycles. The van der Waals surface area contributed by atoms with E-state index in [2.05, 4.69) is 20.4 Å². The van der Waals surface area contributed by atoms with E-state index in [-0.39, 0.29) is 28.5 Å². The lowest BCUT2D eigenvalue weighted by Gasteiger charge is -2.39. The van der Waals surface area contributed by atoms with Crippen LogP contribution in [-0.4, -0.2) is 23.9 Å². The second kappa shape index (κ2) is 5.18. The predicted molar refractivity (Wildman–Crippen MR) is 93.0 cm³/mol. The Labute approximate surface area is 143 Å². The molecule has 0 aromatic heterocycles. The summed E-state index contributed by atoms with van der Waals surface area (Å²) in [5, 5.41) is 0. The molecule has 1 aliphatic heterocycles. The highest BCUT2D eigenvalue weighted by Gasteiger charge is 2.62. The lowest BCUT2D eigenvalue weighted by Crippen LogP contribution is -2.43. The number of likely N-dealkylation sites (tertiary alicyclic amines) is 1. The molecule has 3 atom stereocenters. The fourth-order valence-corrected chi connectivity index (χ4v) is 5.43. The molecule has 0 unspecified atom stereocenters. The minimum Gasteiger partial charge on any atom is -0.341 e. The van der Waals surface area contributed by atoms with Crippen molar-refractivity contribution in [1.29, 1.82) is 0 Å². The Morgan fingerprint density at radius 1 is 1.29 bits per heavy atom. The third-order valence-electron chi connectivity index (χ3n) is 7.12. The Hall–Kier alpha value is -1.64. The van der Waals surface area contributed by atoms with Crippen molar-refractivity contribution in [2.75, 3.05) is 13.1 Å².